The number of fused-ring (bicyclic) bond motifs is 1. The summed E-state index contributed by atoms with van der Waals surface area (Å²) in [6.07, 6.45) is 3.12. The molecule has 0 aliphatic rings. The van der Waals surface area contributed by atoms with Crippen molar-refractivity contribution in [1.29, 1.82) is 0 Å². The molecule has 0 aliphatic carbocycles. The van der Waals surface area contributed by atoms with Crippen LogP contribution in [0.25, 0.3) is 27.7 Å². The minimum absolute atomic E-state index is 0.231. The average molecular weight is 442 g/mol. The number of para-hydroxylation sites is 1. The predicted octanol–water partition coefficient (Wildman–Crippen LogP) is 4.68. The highest BCUT2D eigenvalue weighted by Gasteiger charge is 2.12. The van der Waals surface area contributed by atoms with Gasteiger partial charge >= 0.3 is 0 Å². The number of rotatable bonds is 4. The highest BCUT2D eigenvalue weighted by atomic mass is 35.5. The summed E-state index contributed by atoms with van der Waals surface area (Å²) in [6, 6.07) is 21.8. The van der Waals surface area contributed by atoms with Crippen LogP contribution in [0.15, 0.2) is 90.0 Å². The first kappa shape index (κ1) is 19.7. The molecule has 3 aromatic carbocycles. The lowest BCUT2D eigenvalue weighted by Gasteiger charge is -2.07. The van der Waals surface area contributed by atoms with E-state index in [-0.39, 0.29) is 11.5 Å². The van der Waals surface area contributed by atoms with Gasteiger partial charge < -0.3 is 5.32 Å². The lowest BCUT2D eigenvalue weighted by molar-refractivity contribution is 0.102. The van der Waals surface area contributed by atoms with E-state index >= 15 is 0 Å². The van der Waals surface area contributed by atoms with Gasteiger partial charge in [0.1, 0.15) is 0 Å². The van der Waals surface area contributed by atoms with E-state index in [4.69, 9.17) is 11.6 Å². The third-order valence-electron chi connectivity index (χ3n) is 5.06. The first-order valence-electron chi connectivity index (χ1n) is 9.79. The molecule has 0 saturated carbocycles. The summed E-state index contributed by atoms with van der Waals surface area (Å²) in [5.41, 5.74) is 2.98. The maximum Gasteiger partial charge on any atom is 0.272 e. The number of nitrogens with one attached hydrogen (secondary N) is 2. The van der Waals surface area contributed by atoms with Crippen LogP contribution in [0.4, 0.5) is 5.69 Å². The summed E-state index contributed by atoms with van der Waals surface area (Å²) in [6.45, 7) is 0. The molecule has 0 spiro atoms. The smallest absolute Gasteiger partial charge is 0.272 e. The molecular weight excluding hydrogens is 426 g/mol. The van der Waals surface area contributed by atoms with Gasteiger partial charge in [0.05, 0.1) is 33.6 Å². The van der Waals surface area contributed by atoms with Crippen LogP contribution in [-0.2, 0) is 0 Å². The molecule has 0 unspecified atom stereocenters. The maximum absolute atomic E-state index is 12.7. The molecule has 2 aromatic heterocycles. The minimum Gasteiger partial charge on any atom is -0.322 e. The second kappa shape index (κ2) is 8.13. The summed E-state index contributed by atoms with van der Waals surface area (Å²) >= 11 is 6.20. The number of benzene rings is 3. The Morgan fingerprint density at radius 3 is 2.44 bits per heavy atom. The molecule has 1 amide bonds. The predicted molar refractivity (Wildman–Crippen MR) is 124 cm³/mol. The van der Waals surface area contributed by atoms with Crippen LogP contribution in [-0.4, -0.2) is 25.9 Å². The van der Waals surface area contributed by atoms with Crippen molar-refractivity contribution in [3.63, 3.8) is 0 Å². The molecule has 32 heavy (non-hydrogen) atoms. The Hall–Kier alpha value is -4.23. The normalized spacial score (nSPS) is 10.9. The molecular formula is C24H16ClN5O2. The van der Waals surface area contributed by atoms with Crippen molar-refractivity contribution >= 4 is 34.0 Å². The van der Waals surface area contributed by atoms with Gasteiger partial charge in [-0.05, 0) is 30.3 Å². The third-order valence-corrected chi connectivity index (χ3v) is 5.38. The van der Waals surface area contributed by atoms with Crippen molar-refractivity contribution in [2.75, 3.05) is 5.32 Å². The largest absolute Gasteiger partial charge is 0.322 e. The van der Waals surface area contributed by atoms with E-state index in [1.807, 2.05) is 48.5 Å². The highest BCUT2D eigenvalue weighted by molar-refractivity contribution is 6.32. The fourth-order valence-electron chi connectivity index (χ4n) is 3.46. The van der Waals surface area contributed by atoms with E-state index in [2.05, 4.69) is 20.6 Å². The van der Waals surface area contributed by atoms with Crippen molar-refractivity contribution in [3.05, 3.63) is 106 Å². The van der Waals surface area contributed by atoms with E-state index in [9.17, 15) is 9.59 Å². The number of carbonyl (C=O) groups is 1. The minimum atomic E-state index is -0.288. The number of hydrogen-bond donors (Lipinski definition) is 2. The van der Waals surface area contributed by atoms with Crippen molar-refractivity contribution in [1.82, 2.24) is 20.0 Å². The SMILES string of the molecule is O=C(Nc1ccc(-c2n[nH]c(=O)c3ccccc23)cc1)c1cnn(-c2ccccc2Cl)c1. The molecule has 0 bridgehead atoms. The van der Waals surface area contributed by atoms with E-state index < -0.39 is 0 Å². The zero-order chi connectivity index (χ0) is 22.1. The molecule has 0 fully saturated rings. The monoisotopic (exact) mass is 441 g/mol. The van der Waals surface area contributed by atoms with Crippen LogP contribution in [0, 0.1) is 0 Å². The number of H-pyrrole nitrogens is 1. The van der Waals surface area contributed by atoms with E-state index in [1.165, 1.54) is 6.20 Å². The first-order valence-corrected chi connectivity index (χ1v) is 10.2. The van der Waals surface area contributed by atoms with Gasteiger partial charge in [0, 0.05) is 22.8 Å². The molecule has 2 N–H and O–H groups in total. The summed E-state index contributed by atoms with van der Waals surface area (Å²) in [5, 5.41) is 15.7. The Balaban J connectivity index is 1.37. The van der Waals surface area contributed by atoms with Gasteiger partial charge in [0.2, 0.25) is 0 Å². The van der Waals surface area contributed by atoms with E-state index in [0.29, 0.717) is 33.0 Å². The Bertz CT molecular complexity index is 1510. The molecule has 7 nitrogen and oxygen atoms in total. The standard InChI is InChI=1S/C24H16ClN5O2/c25-20-7-3-4-8-21(20)30-14-16(13-26-30)23(31)27-17-11-9-15(10-12-17)22-18-5-1-2-6-19(18)24(32)29-28-22/h1-14H,(H,27,31)(H,29,32). The van der Waals surface area contributed by atoms with Crippen molar-refractivity contribution in [2.24, 2.45) is 0 Å². The summed E-state index contributed by atoms with van der Waals surface area (Å²) < 4.78 is 1.56. The zero-order valence-electron chi connectivity index (χ0n) is 16.6. The van der Waals surface area contributed by atoms with Crippen LogP contribution < -0.4 is 10.9 Å². The van der Waals surface area contributed by atoms with Gasteiger partial charge in [0.25, 0.3) is 11.5 Å². The lowest BCUT2D eigenvalue weighted by Crippen LogP contribution is -2.11. The number of halogens is 1. The van der Waals surface area contributed by atoms with Crippen LogP contribution in [0.2, 0.25) is 5.02 Å². The number of nitrogens with zero attached hydrogens (tertiary/aromatic N) is 3. The number of aromatic amines is 1. The third kappa shape index (κ3) is 3.66. The van der Waals surface area contributed by atoms with Crippen LogP contribution in [0.3, 0.4) is 0 Å². The quantitative estimate of drug-likeness (QED) is 0.423. The van der Waals surface area contributed by atoms with Gasteiger partial charge in [-0.3, -0.25) is 9.59 Å². The van der Waals surface area contributed by atoms with Crippen molar-refractivity contribution < 1.29 is 4.79 Å². The van der Waals surface area contributed by atoms with Gasteiger partial charge in [-0.1, -0.05) is 54.1 Å². The number of anilines is 1. The summed E-state index contributed by atoms with van der Waals surface area (Å²) in [5.74, 6) is -0.288. The topological polar surface area (TPSA) is 92.7 Å². The Labute approximate surface area is 187 Å². The van der Waals surface area contributed by atoms with Crippen molar-refractivity contribution in [2.45, 2.75) is 0 Å². The van der Waals surface area contributed by atoms with Crippen LogP contribution in [0.1, 0.15) is 10.4 Å². The molecule has 0 radical (unpaired) electrons. The van der Waals surface area contributed by atoms with Gasteiger partial charge in [-0.2, -0.15) is 10.2 Å². The number of hydrogen-bond acceptors (Lipinski definition) is 4. The van der Waals surface area contributed by atoms with Crippen molar-refractivity contribution in [3.8, 4) is 16.9 Å². The fourth-order valence-corrected chi connectivity index (χ4v) is 3.68. The van der Waals surface area contributed by atoms with E-state index in [0.717, 1.165) is 10.9 Å². The molecule has 5 aromatic rings. The Morgan fingerprint density at radius 2 is 1.66 bits per heavy atom. The van der Waals surface area contributed by atoms with Crippen LogP contribution in [0.5, 0.6) is 0 Å². The number of aromatic nitrogens is 4. The summed E-state index contributed by atoms with van der Waals surface area (Å²) in [4.78, 5) is 24.7. The highest BCUT2D eigenvalue weighted by Crippen LogP contribution is 2.25. The molecule has 0 saturated heterocycles. The fraction of sp³-hybridized carbons (Fsp3) is 0. The lowest BCUT2D eigenvalue weighted by atomic mass is 10.0. The zero-order valence-corrected chi connectivity index (χ0v) is 17.4. The molecule has 5 rings (SSSR count). The Morgan fingerprint density at radius 1 is 0.938 bits per heavy atom. The van der Waals surface area contributed by atoms with Crippen LogP contribution >= 0.6 is 11.6 Å². The molecule has 156 valence electrons. The molecule has 0 atom stereocenters. The second-order valence-corrected chi connectivity index (χ2v) is 7.51. The number of carbonyl (C=O) groups excluding carboxylic acids is 1. The van der Waals surface area contributed by atoms with Gasteiger partial charge in [0.15, 0.2) is 0 Å². The number of amides is 1. The summed E-state index contributed by atoms with van der Waals surface area (Å²) in [7, 11) is 0. The molecule has 0 aliphatic heterocycles. The first-order chi connectivity index (χ1) is 15.6. The molecule has 8 heteroatoms. The molecule has 2 heterocycles. The average Bonchev–Trinajstić information content (AvgIpc) is 3.31. The van der Waals surface area contributed by atoms with E-state index in [1.54, 1.807) is 35.1 Å². The van der Waals surface area contributed by atoms with Gasteiger partial charge in [-0.15, -0.1) is 0 Å². The van der Waals surface area contributed by atoms with Gasteiger partial charge in [-0.25, -0.2) is 9.78 Å². The second-order valence-electron chi connectivity index (χ2n) is 7.10. The maximum atomic E-state index is 12.7. The Kier molecular flexibility index (Phi) is 5.01.